The van der Waals surface area contributed by atoms with Crippen LogP contribution < -0.4 is 15.4 Å². The molecule has 1 aromatic rings. The molecule has 0 saturated carbocycles. The molecule has 2 N–H and O–H groups in total. The number of nitrogen functional groups attached to an aromatic ring is 1. The van der Waals surface area contributed by atoms with Gasteiger partial charge in [0.15, 0.2) is 0 Å². The van der Waals surface area contributed by atoms with E-state index >= 15 is 0 Å². The van der Waals surface area contributed by atoms with Crippen molar-refractivity contribution >= 4 is 11.4 Å². The number of benzene rings is 1. The van der Waals surface area contributed by atoms with Crippen molar-refractivity contribution < 1.29 is 4.74 Å². The van der Waals surface area contributed by atoms with Crippen LogP contribution in [0.2, 0.25) is 0 Å². The number of nitrogens with two attached hydrogens (primary N) is 1. The summed E-state index contributed by atoms with van der Waals surface area (Å²) < 4.78 is 5.72. The average molecular weight is 262 g/mol. The van der Waals surface area contributed by atoms with E-state index in [4.69, 9.17) is 10.5 Å². The van der Waals surface area contributed by atoms with Crippen LogP contribution in [0.25, 0.3) is 0 Å². The van der Waals surface area contributed by atoms with E-state index in [0.29, 0.717) is 0 Å². The van der Waals surface area contributed by atoms with Crippen LogP contribution in [-0.2, 0) is 0 Å². The number of ether oxygens (including phenoxy) is 1. The first-order chi connectivity index (χ1) is 9.11. The minimum Gasteiger partial charge on any atom is -0.491 e. The van der Waals surface area contributed by atoms with Gasteiger partial charge in [-0.05, 0) is 36.8 Å². The highest BCUT2D eigenvalue weighted by Gasteiger charge is 2.23. The number of piperidine rings is 1. The Bertz CT molecular complexity index is 409. The lowest BCUT2D eigenvalue weighted by atomic mass is 9.91. The molecule has 0 aliphatic carbocycles. The lowest BCUT2D eigenvalue weighted by Gasteiger charge is -2.37. The molecule has 2 rings (SSSR count). The SMILES string of the molecule is CCCOc1cccc(N2CC(C)CC(C)C2)c1N. The first-order valence-electron chi connectivity index (χ1n) is 7.38. The molecular formula is C16H26N2O. The molecule has 1 fully saturated rings. The summed E-state index contributed by atoms with van der Waals surface area (Å²) in [5, 5.41) is 0. The number of para-hydroxylation sites is 1. The predicted molar refractivity (Wildman–Crippen MR) is 81.8 cm³/mol. The van der Waals surface area contributed by atoms with E-state index in [2.05, 4.69) is 31.7 Å². The van der Waals surface area contributed by atoms with Crippen molar-refractivity contribution in [2.75, 3.05) is 30.3 Å². The van der Waals surface area contributed by atoms with Crippen LogP contribution in [0.4, 0.5) is 11.4 Å². The van der Waals surface area contributed by atoms with Crippen LogP contribution in [-0.4, -0.2) is 19.7 Å². The van der Waals surface area contributed by atoms with Crippen LogP contribution in [0.5, 0.6) is 5.75 Å². The average Bonchev–Trinajstić information content (AvgIpc) is 2.36. The van der Waals surface area contributed by atoms with Gasteiger partial charge in [0, 0.05) is 13.1 Å². The van der Waals surface area contributed by atoms with Crippen molar-refractivity contribution in [3.8, 4) is 5.75 Å². The maximum atomic E-state index is 6.28. The zero-order valence-corrected chi connectivity index (χ0v) is 12.4. The van der Waals surface area contributed by atoms with Crippen LogP contribution in [0.15, 0.2) is 18.2 Å². The molecule has 1 aliphatic rings. The van der Waals surface area contributed by atoms with Crippen molar-refractivity contribution in [1.29, 1.82) is 0 Å². The van der Waals surface area contributed by atoms with Gasteiger partial charge in [0.2, 0.25) is 0 Å². The van der Waals surface area contributed by atoms with Crippen molar-refractivity contribution in [1.82, 2.24) is 0 Å². The van der Waals surface area contributed by atoms with Gasteiger partial charge in [-0.1, -0.05) is 26.8 Å². The van der Waals surface area contributed by atoms with Crippen molar-refractivity contribution in [3.05, 3.63) is 18.2 Å². The second-order valence-electron chi connectivity index (χ2n) is 5.89. The Morgan fingerprint density at radius 2 is 1.95 bits per heavy atom. The van der Waals surface area contributed by atoms with E-state index < -0.39 is 0 Å². The van der Waals surface area contributed by atoms with Crippen LogP contribution in [0, 0.1) is 11.8 Å². The summed E-state index contributed by atoms with van der Waals surface area (Å²) in [5.74, 6) is 2.27. The van der Waals surface area contributed by atoms with E-state index in [1.807, 2.05) is 12.1 Å². The maximum Gasteiger partial charge on any atom is 0.144 e. The lowest BCUT2D eigenvalue weighted by Crippen LogP contribution is -2.39. The topological polar surface area (TPSA) is 38.5 Å². The largest absolute Gasteiger partial charge is 0.491 e. The molecule has 106 valence electrons. The molecule has 1 aromatic carbocycles. The van der Waals surface area contributed by atoms with E-state index in [-0.39, 0.29) is 0 Å². The molecule has 19 heavy (non-hydrogen) atoms. The highest BCUT2D eigenvalue weighted by molar-refractivity contribution is 5.74. The lowest BCUT2D eigenvalue weighted by molar-refractivity contribution is 0.318. The van der Waals surface area contributed by atoms with Gasteiger partial charge in [-0.2, -0.15) is 0 Å². The molecule has 1 heterocycles. The Morgan fingerprint density at radius 3 is 2.58 bits per heavy atom. The molecule has 3 heteroatoms. The smallest absolute Gasteiger partial charge is 0.144 e. The molecule has 1 aliphatic heterocycles. The number of rotatable bonds is 4. The van der Waals surface area contributed by atoms with Gasteiger partial charge >= 0.3 is 0 Å². The third-order valence-electron chi connectivity index (χ3n) is 3.71. The molecule has 0 amide bonds. The van der Waals surface area contributed by atoms with Gasteiger partial charge in [0.1, 0.15) is 5.75 Å². The number of hydrogen-bond acceptors (Lipinski definition) is 3. The fraction of sp³-hybridized carbons (Fsp3) is 0.625. The van der Waals surface area contributed by atoms with E-state index in [9.17, 15) is 0 Å². The number of anilines is 2. The Balaban J connectivity index is 2.19. The summed E-state index contributed by atoms with van der Waals surface area (Å²) in [5.41, 5.74) is 8.20. The maximum absolute atomic E-state index is 6.28. The second kappa shape index (κ2) is 6.18. The van der Waals surface area contributed by atoms with Gasteiger partial charge in [0.25, 0.3) is 0 Å². The normalized spacial score (nSPS) is 23.4. The highest BCUT2D eigenvalue weighted by Crippen LogP contribution is 2.35. The fourth-order valence-electron chi connectivity index (χ4n) is 3.01. The summed E-state index contributed by atoms with van der Waals surface area (Å²) >= 11 is 0. The summed E-state index contributed by atoms with van der Waals surface area (Å²) in [6.45, 7) is 9.64. The molecular weight excluding hydrogens is 236 g/mol. The van der Waals surface area contributed by atoms with Crippen LogP contribution >= 0.6 is 0 Å². The number of nitrogens with zero attached hydrogens (tertiary/aromatic N) is 1. The monoisotopic (exact) mass is 262 g/mol. The number of hydrogen-bond donors (Lipinski definition) is 1. The Hall–Kier alpha value is -1.38. The standard InChI is InChI=1S/C16H26N2O/c1-4-8-19-15-7-5-6-14(16(15)17)18-10-12(2)9-13(3)11-18/h5-7,12-13H,4,8-11,17H2,1-3H3. The van der Waals surface area contributed by atoms with Crippen molar-refractivity contribution in [3.63, 3.8) is 0 Å². The van der Waals surface area contributed by atoms with E-state index in [1.54, 1.807) is 0 Å². The van der Waals surface area contributed by atoms with Gasteiger partial charge in [-0.3, -0.25) is 0 Å². The summed E-state index contributed by atoms with van der Waals surface area (Å²) in [6, 6.07) is 6.12. The summed E-state index contributed by atoms with van der Waals surface area (Å²) in [7, 11) is 0. The molecule has 0 bridgehead atoms. The molecule has 0 radical (unpaired) electrons. The van der Waals surface area contributed by atoms with Gasteiger partial charge in [-0.25, -0.2) is 0 Å². The molecule has 0 spiro atoms. The minimum absolute atomic E-state index is 0.723. The van der Waals surface area contributed by atoms with Crippen molar-refractivity contribution in [2.24, 2.45) is 11.8 Å². The van der Waals surface area contributed by atoms with E-state index in [1.165, 1.54) is 6.42 Å². The second-order valence-corrected chi connectivity index (χ2v) is 5.89. The van der Waals surface area contributed by atoms with Gasteiger partial charge < -0.3 is 15.4 Å². The van der Waals surface area contributed by atoms with Crippen molar-refractivity contribution in [2.45, 2.75) is 33.6 Å². The molecule has 2 atom stereocenters. The van der Waals surface area contributed by atoms with Crippen LogP contribution in [0.3, 0.4) is 0 Å². The molecule has 1 saturated heterocycles. The summed E-state index contributed by atoms with van der Waals surface area (Å²) in [6.07, 6.45) is 2.31. The Kier molecular flexibility index (Phi) is 4.56. The van der Waals surface area contributed by atoms with Crippen LogP contribution in [0.1, 0.15) is 33.6 Å². The molecule has 2 unspecified atom stereocenters. The third-order valence-corrected chi connectivity index (χ3v) is 3.71. The predicted octanol–water partition coefficient (Wildman–Crippen LogP) is 3.54. The third kappa shape index (κ3) is 3.34. The zero-order valence-electron chi connectivity index (χ0n) is 12.4. The zero-order chi connectivity index (χ0) is 13.8. The van der Waals surface area contributed by atoms with E-state index in [0.717, 1.165) is 55.1 Å². The molecule has 3 nitrogen and oxygen atoms in total. The first-order valence-corrected chi connectivity index (χ1v) is 7.38. The minimum atomic E-state index is 0.723. The van der Waals surface area contributed by atoms with Gasteiger partial charge in [0.05, 0.1) is 18.0 Å². The highest BCUT2D eigenvalue weighted by atomic mass is 16.5. The Labute approximate surface area is 116 Å². The van der Waals surface area contributed by atoms with Gasteiger partial charge in [-0.15, -0.1) is 0 Å². The first kappa shape index (κ1) is 14.0. The molecule has 0 aromatic heterocycles. The Morgan fingerprint density at radius 1 is 1.26 bits per heavy atom. The fourth-order valence-corrected chi connectivity index (χ4v) is 3.01. The quantitative estimate of drug-likeness (QED) is 0.843. The summed E-state index contributed by atoms with van der Waals surface area (Å²) in [4.78, 5) is 2.41.